The number of nitrogens with zero attached hydrogens (tertiary/aromatic N) is 5. The first kappa shape index (κ1) is 12.7. The van der Waals surface area contributed by atoms with Crippen molar-refractivity contribution in [1.82, 2.24) is 25.0 Å². The van der Waals surface area contributed by atoms with Crippen LogP contribution in [0.15, 0.2) is 42.9 Å². The summed E-state index contributed by atoms with van der Waals surface area (Å²) in [6.45, 7) is 2.02. The molecule has 0 atom stereocenters. The number of benzene rings is 1. The Morgan fingerprint density at radius 3 is 2.70 bits per heavy atom. The van der Waals surface area contributed by atoms with E-state index in [9.17, 15) is 0 Å². The number of para-hydroxylation sites is 1. The van der Waals surface area contributed by atoms with Gasteiger partial charge in [-0.3, -0.25) is 0 Å². The molecule has 1 aromatic carbocycles. The van der Waals surface area contributed by atoms with Crippen LogP contribution in [0.25, 0.3) is 17.1 Å². The standard InChI is InChI=1S/C14H12ClN5/c1-2-11-13(16-9-17-14(11)15)12-8-18-19-20(12)10-6-4-3-5-7-10/h3-9H,2H2,1H3. The molecule has 0 aliphatic rings. The molecule has 0 aliphatic carbocycles. The van der Waals surface area contributed by atoms with E-state index < -0.39 is 0 Å². The summed E-state index contributed by atoms with van der Waals surface area (Å²) in [5.41, 5.74) is 3.39. The molecule has 100 valence electrons. The Morgan fingerprint density at radius 1 is 1.15 bits per heavy atom. The number of aromatic nitrogens is 5. The predicted octanol–water partition coefficient (Wildman–Crippen LogP) is 2.94. The van der Waals surface area contributed by atoms with Crippen molar-refractivity contribution in [2.45, 2.75) is 13.3 Å². The van der Waals surface area contributed by atoms with Crippen molar-refractivity contribution in [3.8, 4) is 17.1 Å². The summed E-state index contributed by atoms with van der Waals surface area (Å²) < 4.78 is 1.75. The molecule has 0 amide bonds. The third-order valence-corrected chi connectivity index (χ3v) is 3.36. The SMILES string of the molecule is CCc1c(Cl)ncnc1-c1cnnn1-c1ccccc1. The van der Waals surface area contributed by atoms with E-state index >= 15 is 0 Å². The Morgan fingerprint density at radius 2 is 1.95 bits per heavy atom. The number of hydrogen-bond acceptors (Lipinski definition) is 4. The smallest absolute Gasteiger partial charge is 0.136 e. The van der Waals surface area contributed by atoms with E-state index in [2.05, 4.69) is 20.3 Å². The first-order valence-electron chi connectivity index (χ1n) is 6.27. The zero-order valence-electron chi connectivity index (χ0n) is 10.9. The minimum absolute atomic E-state index is 0.471. The normalized spacial score (nSPS) is 10.7. The first-order chi connectivity index (χ1) is 9.81. The van der Waals surface area contributed by atoms with Crippen LogP contribution >= 0.6 is 11.6 Å². The van der Waals surface area contributed by atoms with Gasteiger partial charge in [0.15, 0.2) is 0 Å². The van der Waals surface area contributed by atoms with Crippen molar-refractivity contribution in [2.24, 2.45) is 0 Å². The van der Waals surface area contributed by atoms with Crippen molar-refractivity contribution in [3.63, 3.8) is 0 Å². The molecule has 0 saturated carbocycles. The molecule has 2 heterocycles. The monoisotopic (exact) mass is 285 g/mol. The van der Waals surface area contributed by atoms with E-state index in [0.717, 1.165) is 29.1 Å². The van der Waals surface area contributed by atoms with Crippen molar-refractivity contribution >= 4 is 11.6 Å². The third-order valence-electron chi connectivity index (χ3n) is 3.04. The van der Waals surface area contributed by atoms with Crippen molar-refractivity contribution in [2.75, 3.05) is 0 Å². The van der Waals surface area contributed by atoms with Crippen molar-refractivity contribution in [3.05, 3.63) is 53.6 Å². The van der Waals surface area contributed by atoms with Crippen LogP contribution < -0.4 is 0 Å². The molecule has 20 heavy (non-hydrogen) atoms. The largest absolute Gasteiger partial charge is 0.234 e. The minimum atomic E-state index is 0.471. The maximum absolute atomic E-state index is 6.14. The molecule has 2 aromatic heterocycles. The lowest BCUT2D eigenvalue weighted by molar-refractivity contribution is 0.804. The number of halogens is 1. The molecule has 0 aliphatic heterocycles. The minimum Gasteiger partial charge on any atom is -0.234 e. The molecule has 6 heteroatoms. The highest BCUT2D eigenvalue weighted by Gasteiger charge is 2.15. The van der Waals surface area contributed by atoms with E-state index in [1.807, 2.05) is 37.3 Å². The lowest BCUT2D eigenvalue weighted by Crippen LogP contribution is -2.03. The number of hydrogen-bond donors (Lipinski definition) is 0. The van der Waals surface area contributed by atoms with Gasteiger partial charge in [-0.2, -0.15) is 0 Å². The number of rotatable bonds is 3. The Balaban J connectivity index is 2.18. The van der Waals surface area contributed by atoms with Gasteiger partial charge in [0.2, 0.25) is 0 Å². The van der Waals surface area contributed by atoms with Gasteiger partial charge < -0.3 is 0 Å². The fraction of sp³-hybridized carbons (Fsp3) is 0.143. The highest BCUT2D eigenvalue weighted by atomic mass is 35.5. The molecule has 0 fully saturated rings. The highest BCUT2D eigenvalue weighted by Crippen LogP contribution is 2.26. The second-order valence-electron chi connectivity index (χ2n) is 4.21. The fourth-order valence-electron chi connectivity index (χ4n) is 2.08. The summed E-state index contributed by atoms with van der Waals surface area (Å²) in [6.07, 6.45) is 3.89. The molecule has 5 nitrogen and oxygen atoms in total. The molecule has 0 spiro atoms. The van der Waals surface area contributed by atoms with Gasteiger partial charge in [-0.05, 0) is 18.6 Å². The molecule has 0 radical (unpaired) electrons. The van der Waals surface area contributed by atoms with Crippen LogP contribution in [0.3, 0.4) is 0 Å². The average molecular weight is 286 g/mol. The maximum Gasteiger partial charge on any atom is 0.136 e. The molecule has 0 bridgehead atoms. The van der Waals surface area contributed by atoms with Crippen LogP contribution in [-0.2, 0) is 6.42 Å². The zero-order valence-corrected chi connectivity index (χ0v) is 11.6. The molecule has 3 rings (SSSR count). The zero-order chi connectivity index (χ0) is 13.9. The second-order valence-corrected chi connectivity index (χ2v) is 4.57. The molecular weight excluding hydrogens is 274 g/mol. The quantitative estimate of drug-likeness (QED) is 0.694. The topological polar surface area (TPSA) is 56.5 Å². The molecule has 0 unspecified atom stereocenters. The van der Waals surface area contributed by atoms with Crippen molar-refractivity contribution in [1.29, 1.82) is 0 Å². The summed E-state index contributed by atoms with van der Waals surface area (Å²) in [5.74, 6) is 0. The Kier molecular flexibility index (Phi) is 3.43. The molecular formula is C14H12ClN5. The van der Waals surface area contributed by atoms with Gasteiger partial charge in [-0.25, -0.2) is 14.6 Å². The Bertz CT molecular complexity index is 723. The van der Waals surface area contributed by atoms with Gasteiger partial charge in [0, 0.05) is 5.56 Å². The van der Waals surface area contributed by atoms with E-state index in [0.29, 0.717) is 5.15 Å². The lowest BCUT2D eigenvalue weighted by Gasteiger charge is -2.09. The van der Waals surface area contributed by atoms with E-state index in [-0.39, 0.29) is 0 Å². The van der Waals surface area contributed by atoms with E-state index in [1.54, 1.807) is 10.9 Å². The van der Waals surface area contributed by atoms with Crippen LogP contribution in [0.2, 0.25) is 5.15 Å². The molecule has 0 saturated heterocycles. The third kappa shape index (κ3) is 2.16. The van der Waals surface area contributed by atoms with Crippen LogP contribution in [0.1, 0.15) is 12.5 Å². The Labute approximate surface area is 121 Å². The Hall–Kier alpha value is -2.27. The van der Waals surface area contributed by atoms with Crippen LogP contribution in [0.4, 0.5) is 0 Å². The molecule has 0 N–H and O–H groups in total. The average Bonchev–Trinajstić information content (AvgIpc) is 2.97. The van der Waals surface area contributed by atoms with Crippen LogP contribution in [0.5, 0.6) is 0 Å². The summed E-state index contributed by atoms with van der Waals surface area (Å²) >= 11 is 6.14. The van der Waals surface area contributed by atoms with Gasteiger partial charge in [0.1, 0.15) is 17.2 Å². The van der Waals surface area contributed by atoms with Crippen LogP contribution in [0, 0.1) is 0 Å². The lowest BCUT2D eigenvalue weighted by atomic mass is 10.1. The molecule has 3 aromatic rings. The highest BCUT2D eigenvalue weighted by molar-refractivity contribution is 6.30. The second kappa shape index (κ2) is 5.38. The first-order valence-corrected chi connectivity index (χ1v) is 6.65. The summed E-state index contributed by atoms with van der Waals surface area (Å²) in [4.78, 5) is 8.37. The van der Waals surface area contributed by atoms with Gasteiger partial charge in [0.05, 0.1) is 17.6 Å². The summed E-state index contributed by atoms with van der Waals surface area (Å²) in [5, 5.41) is 8.59. The maximum atomic E-state index is 6.14. The summed E-state index contributed by atoms with van der Waals surface area (Å²) in [7, 11) is 0. The predicted molar refractivity (Wildman–Crippen MR) is 76.8 cm³/mol. The summed E-state index contributed by atoms with van der Waals surface area (Å²) in [6, 6.07) is 9.79. The van der Waals surface area contributed by atoms with E-state index in [1.165, 1.54) is 6.33 Å². The van der Waals surface area contributed by atoms with Gasteiger partial charge in [-0.1, -0.05) is 41.9 Å². The van der Waals surface area contributed by atoms with Crippen LogP contribution in [-0.4, -0.2) is 25.0 Å². The van der Waals surface area contributed by atoms with Gasteiger partial charge in [-0.15, -0.1) is 5.10 Å². The van der Waals surface area contributed by atoms with Gasteiger partial charge >= 0.3 is 0 Å². The van der Waals surface area contributed by atoms with Crippen molar-refractivity contribution < 1.29 is 0 Å². The van der Waals surface area contributed by atoms with E-state index in [4.69, 9.17) is 11.6 Å². The fourth-order valence-corrected chi connectivity index (χ4v) is 2.35. The van der Waals surface area contributed by atoms with Gasteiger partial charge in [0.25, 0.3) is 0 Å².